The van der Waals surface area contributed by atoms with E-state index in [1.54, 1.807) is 0 Å². The van der Waals surface area contributed by atoms with Gasteiger partial charge in [0.2, 0.25) is 5.91 Å². The van der Waals surface area contributed by atoms with Gasteiger partial charge in [0.05, 0.1) is 24.2 Å². The van der Waals surface area contributed by atoms with Crippen molar-refractivity contribution in [2.24, 2.45) is 11.8 Å². The highest BCUT2D eigenvalue weighted by Crippen LogP contribution is 2.35. The molecule has 2 bridgehead atoms. The molecule has 0 spiro atoms. The molecule has 5 heteroatoms. The first kappa shape index (κ1) is 12.9. The largest absolute Gasteiger partial charge is 0.481 e. The van der Waals surface area contributed by atoms with Gasteiger partial charge in [0, 0.05) is 5.92 Å². The van der Waals surface area contributed by atoms with E-state index in [-0.39, 0.29) is 29.9 Å². The minimum absolute atomic E-state index is 0.0344. The minimum Gasteiger partial charge on any atom is -0.481 e. The van der Waals surface area contributed by atoms with Crippen LogP contribution in [0.1, 0.15) is 44.9 Å². The van der Waals surface area contributed by atoms with Gasteiger partial charge in [0.15, 0.2) is 0 Å². The molecule has 1 saturated carbocycles. The van der Waals surface area contributed by atoms with Gasteiger partial charge in [0.1, 0.15) is 0 Å². The molecule has 5 nitrogen and oxygen atoms in total. The van der Waals surface area contributed by atoms with Crippen molar-refractivity contribution in [1.82, 2.24) is 5.32 Å². The molecular weight excluding hydrogens is 246 g/mol. The van der Waals surface area contributed by atoms with Crippen LogP contribution in [0.2, 0.25) is 0 Å². The fourth-order valence-electron chi connectivity index (χ4n) is 3.74. The Kier molecular flexibility index (Phi) is 3.48. The molecule has 1 aliphatic carbocycles. The number of carboxylic acid groups (broad SMARTS) is 1. The topological polar surface area (TPSA) is 75.6 Å². The Morgan fingerprint density at radius 2 is 1.84 bits per heavy atom. The standard InChI is InChI=1S/C14H21NO4/c16-13(8-2-1-3-9(6-8)14(17)18)15-11-7-10-4-5-12(11)19-10/h8-12H,1-7H2,(H,15,16)(H,17,18). The number of carbonyl (C=O) groups is 2. The first-order chi connectivity index (χ1) is 9.13. The third-order valence-corrected chi connectivity index (χ3v) is 4.83. The number of hydrogen-bond donors (Lipinski definition) is 2. The Labute approximate surface area is 112 Å². The number of nitrogens with one attached hydrogen (secondary N) is 1. The molecule has 2 aliphatic heterocycles. The summed E-state index contributed by atoms with van der Waals surface area (Å²) >= 11 is 0. The molecule has 0 aromatic heterocycles. The Hall–Kier alpha value is -1.10. The maximum absolute atomic E-state index is 12.2. The second-order valence-corrected chi connectivity index (χ2v) is 6.12. The quantitative estimate of drug-likeness (QED) is 0.808. The third-order valence-electron chi connectivity index (χ3n) is 4.83. The van der Waals surface area contributed by atoms with Crippen molar-refractivity contribution in [1.29, 1.82) is 0 Å². The molecule has 0 aromatic rings. The van der Waals surface area contributed by atoms with Crippen LogP contribution in [0.5, 0.6) is 0 Å². The summed E-state index contributed by atoms with van der Waals surface area (Å²) in [4.78, 5) is 23.3. The maximum atomic E-state index is 12.2. The Morgan fingerprint density at radius 1 is 1.05 bits per heavy atom. The van der Waals surface area contributed by atoms with Crippen molar-refractivity contribution >= 4 is 11.9 Å². The van der Waals surface area contributed by atoms with E-state index in [0.717, 1.165) is 32.1 Å². The first-order valence-electron chi connectivity index (χ1n) is 7.32. The van der Waals surface area contributed by atoms with Crippen molar-refractivity contribution in [2.75, 3.05) is 0 Å². The smallest absolute Gasteiger partial charge is 0.306 e. The average molecular weight is 267 g/mol. The number of carbonyl (C=O) groups excluding carboxylic acids is 1. The van der Waals surface area contributed by atoms with Crippen molar-refractivity contribution in [3.05, 3.63) is 0 Å². The van der Waals surface area contributed by atoms with Crippen molar-refractivity contribution in [3.8, 4) is 0 Å². The van der Waals surface area contributed by atoms with Crippen molar-refractivity contribution < 1.29 is 19.4 Å². The maximum Gasteiger partial charge on any atom is 0.306 e. The molecule has 5 unspecified atom stereocenters. The van der Waals surface area contributed by atoms with E-state index in [1.807, 2.05) is 0 Å². The second kappa shape index (κ2) is 5.12. The summed E-state index contributed by atoms with van der Waals surface area (Å²) in [6.07, 6.45) is 6.44. The third kappa shape index (κ3) is 2.61. The van der Waals surface area contributed by atoms with Gasteiger partial charge in [-0.25, -0.2) is 0 Å². The molecular formula is C14H21NO4. The predicted octanol–water partition coefficient (Wildman–Crippen LogP) is 1.31. The van der Waals surface area contributed by atoms with E-state index >= 15 is 0 Å². The van der Waals surface area contributed by atoms with Crippen LogP contribution in [0.4, 0.5) is 0 Å². The molecule has 1 amide bonds. The molecule has 5 atom stereocenters. The lowest BCUT2D eigenvalue weighted by molar-refractivity contribution is -0.144. The molecule has 2 heterocycles. The van der Waals surface area contributed by atoms with Crippen molar-refractivity contribution in [2.45, 2.75) is 63.2 Å². The summed E-state index contributed by atoms with van der Waals surface area (Å²) in [5.74, 6) is -1.21. The van der Waals surface area contributed by atoms with Crippen LogP contribution < -0.4 is 5.32 Å². The first-order valence-corrected chi connectivity index (χ1v) is 7.32. The SMILES string of the molecule is O=C(O)C1CCCC(C(=O)NC2CC3CCC2O3)C1. The van der Waals surface area contributed by atoms with Gasteiger partial charge < -0.3 is 15.2 Å². The predicted molar refractivity (Wildman–Crippen MR) is 67.5 cm³/mol. The fourth-order valence-corrected chi connectivity index (χ4v) is 3.74. The van der Waals surface area contributed by atoms with Gasteiger partial charge in [-0.1, -0.05) is 6.42 Å². The zero-order chi connectivity index (χ0) is 13.4. The van der Waals surface area contributed by atoms with Crippen LogP contribution in [0.25, 0.3) is 0 Å². The molecule has 3 rings (SSSR count). The highest BCUT2D eigenvalue weighted by Gasteiger charge is 2.42. The lowest BCUT2D eigenvalue weighted by atomic mass is 9.80. The van der Waals surface area contributed by atoms with Gasteiger partial charge in [0.25, 0.3) is 0 Å². The molecule has 19 heavy (non-hydrogen) atoms. The van der Waals surface area contributed by atoms with Gasteiger partial charge in [-0.15, -0.1) is 0 Å². The number of ether oxygens (including phenoxy) is 1. The van der Waals surface area contributed by atoms with E-state index in [0.29, 0.717) is 18.9 Å². The summed E-state index contributed by atoms with van der Waals surface area (Å²) in [6.45, 7) is 0. The molecule has 2 N–H and O–H groups in total. The zero-order valence-corrected chi connectivity index (χ0v) is 11.0. The summed E-state index contributed by atoms with van der Waals surface area (Å²) in [7, 11) is 0. The second-order valence-electron chi connectivity index (χ2n) is 6.12. The summed E-state index contributed by atoms with van der Waals surface area (Å²) in [6, 6.07) is 0.149. The van der Waals surface area contributed by atoms with Crippen LogP contribution >= 0.6 is 0 Å². The molecule has 3 fully saturated rings. The molecule has 106 valence electrons. The average Bonchev–Trinajstić information content (AvgIpc) is 3.01. The van der Waals surface area contributed by atoms with Crippen LogP contribution in [0, 0.1) is 11.8 Å². The Bertz CT molecular complexity index is 384. The van der Waals surface area contributed by atoms with Crippen LogP contribution in [0.3, 0.4) is 0 Å². The van der Waals surface area contributed by atoms with E-state index < -0.39 is 5.97 Å². The molecule has 0 aromatic carbocycles. The lowest BCUT2D eigenvalue weighted by Gasteiger charge is -2.28. The highest BCUT2D eigenvalue weighted by molar-refractivity contribution is 5.80. The van der Waals surface area contributed by atoms with Gasteiger partial charge in [-0.3, -0.25) is 9.59 Å². The molecule has 3 aliphatic rings. The highest BCUT2D eigenvalue weighted by atomic mass is 16.5. The number of aliphatic carboxylic acids is 1. The van der Waals surface area contributed by atoms with E-state index in [2.05, 4.69) is 5.32 Å². The number of hydrogen-bond acceptors (Lipinski definition) is 3. The van der Waals surface area contributed by atoms with Gasteiger partial charge in [-0.2, -0.15) is 0 Å². The molecule has 2 saturated heterocycles. The summed E-state index contributed by atoms with van der Waals surface area (Å²) in [5, 5.41) is 12.1. The van der Waals surface area contributed by atoms with E-state index in [4.69, 9.17) is 9.84 Å². The number of carboxylic acids is 1. The minimum atomic E-state index is -0.763. The zero-order valence-electron chi connectivity index (χ0n) is 11.0. The van der Waals surface area contributed by atoms with E-state index in [1.165, 1.54) is 0 Å². The number of rotatable bonds is 3. The molecule has 0 radical (unpaired) electrons. The van der Waals surface area contributed by atoms with Gasteiger partial charge >= 0.3 is 5.97 Å². The lowest BCUT2D eigenvalue weighted by Crippen LogP contribution is -2.45. The fraction of sp³-hybridized carbons (Fsp3) is 0.857. The number of fused-ring (bicyclic) bond motifs is 2. The van der Waals surface area contributed by atoms with Crippen LogP contribution in [0.15, 0.2) is 0 Å². The summed E-state index contributed by atoms with van der Waals surface area (Å²) < 4.78 is 5.72. The van der Waals surface area contributed by atoms with Crippen LogP contribution in [-0.2, 0) is 14.3 Å². The Morgan fingerprint density at radius 3 is 2.47 bits per heavy atom. The normalized spacial score (nSPS) is 41.2. The number of amides is 1. The Balaban J connectivity index is 1.54. The van der Waals surface area contributed by atoms with Gasteiger partial charge in [-0.05, 0) is 38.5 Å². The summed E-state index contributed by atoms with van der Waals surface area (Å²) in [5.41, 5.74) is 0. The van der Waals surface area contributed by atoms with Crippen molar-refractivity contribution in [3.63, 3.8) is 0 Å². The van der Waals surface area contributed by atoms with Crippen LogP contribution in [-0.4, -0.2) is 35.2 Å². The van der Waals surface area contributed by atoms with E-state index in [9.17, 15) is 9.59 Å². The monoisotopic (exact) mass is 267 g/mol.